The highest BCUT2D eigenvalue weighted by atomic mass is 35.5. The first kappa shape index (κ1) is 19.1. The minimum absolute atomic E-state index is 0.138. The summed E-state index contributed by atoms with van der Waals surface area (Å²) in [7, 11) is 0. The lowest BCUT2D eigenvalue weighted by atomic mass is 10.1. The second-order valence-electron chi connectivity index (χ2n) is 5.32. The zero-order valence-corrected chi connectivity index (χ0v) is 14.7. The number of nitrogens with zero attached hydrogens (tertiary/aromatic N) is 3. The Morgan fingerprint density at radius 1 is 1.38 bits per heavy atom. The minimum atomic E-state index is -0.439. The summed E-state index contributed by atoms with van der Waals surface area (Å²) in [4.78, 5) is 24.7. The van der Waals surface area contributed by atoms with E-state index < -0.39 is 5.91 Å². The molecule has 0 aliphatic carbocycles. The molecule has 0 fully saturated rings. The van der Waals surface area contributed by atoms with E-state index in [1.54, 1.807) is 18.2 Å². The molecule has 0 radical (unpaired) electrons. The van der Waals surface area contributed by atoms with E-state index in [9.17, 15) is 4.79 Å². The Bertz CT molecular complexity index is 890. The third-order valence-corrected chi connectivity index (χ3v) is 3.50. The standard InChI is InChI=1S/C15H14ClN5O2.CH2O2/c1-8(2)12-7-11(21-23-12)14(22)18-15-17-13(19-20-15)9-5-3-4-6-10(9)16;2-1-3/h3-8H,1-2H3,(H2,17,18,19,20,22);1H,(H,2,3). The molecule has 2 heterocycles. The number of benzene rings is 1. The predicted molar refractivity (Wildman–Crippen MR) is 94.1 cm³/mol. The zero-order chi connectivity index (χ0) is 19.1. The van der Waals surface area contributed by atoms with Gasteiger partial charge in [0, 0.05) is 17.5 Å². The van der Waals surface area contributed by atoms with Crippen molar-refractivity contribution in [2.45, 2.75) is 19.8 Å². The van der Waals surface area contributed by atoms with Crippen LogP contribution >= 0.6 is 11.6 Å². The maximum absolute atomic E-state index is 12.1. The van der Waals surface area contributed by atoms with Gasteiger partial charge in [-0.1, -0.05) is 42.7 Å². The van der Waals surface area contributed by atoms with Gasteiger partial charge in [-0.2, -0.15) is 4.98 Å². The largest absolute Gasteiger partial charge is 0.483 e. The Morgan fingerprint density at radius 3 is 2.69 bits per heavy atom. The fourth-order valence-corrected chi connectivity index (χ4v) is 2.15. The summed E-state index contributed by atoms with van der Waals surface area (Å²) in [5, 5.41) is 20.4. The van der Waals surface area contributed by atoms with Crippen LogP contribution in [0, 0.1) is 0 Å². The van der Waals surface area contributed by atoms with Crippen LogP contribution in [0.5, 0.6) is 0 Å². The Hall–Kier alpha value is -3.20. The summed E-state index contributed by atoms with van der Waals surface area (Å²) in [6, 6.07) is 8.82. The van der Waals surface area contributed by atoms with Crippen molar-refractivity contribution in [2.24, 2.45) is 0 Å². The molecular formula is C16H16ClN5O4. The molecule has 3 rings (SSSR count). The average molecular weight is 378 g/mol. The lowest BCUT2D eigenvalue weighted by Crippen LogP contribution is -2.13. The number of carboxylic acid groups (broad SMARTS) is 1. The second-order valence-corrected chi connectivity index (χ2v) is 5.72. The molecule has 0 saturated heterocycles. The normalized spacial score (nSPS) is 10.2. The molecule has 10 heteroatoms. The first-order chi connectivity index (χ1) is 12.5. The van der Waals surface area contributed by atoms with Gasteiger partial charge in [-0.05, 0) is 12.1 Å². The summed E-state index contributed by atoms with van der Waals surface area (Å²) in [6.45, 7) is 3.65. The SMILES string of the molecule is CC(C)c1cc(C(=O)Nc2n[nH]c(-c3ccccc3Cl)n2)no1.O=CO. The third-order valence-electron chi connectivity index (χ3n) is 3.17. The molecule has 2 aromatic heterocycles. The zero-order valence-electron chi connectivity index (χ0n) is 13.9. The van der Waals surface area contributed by atoms with Gasteiger partial charge in [0.1, 0.15) is 5.76 Å². The van der Waals surface area contributed by atoms with Gasteiger partial charge >= 0.3 is 0 Å². The highest BCUT2D eigenvalue weighted by Crippen LogP contribution is 2.25. The number of amides is 1. The van der Waals surface area contributed by atoms with Gasteiger partial charge in [0.2, 0.25) is 5.95 Å². The van der Waals surface area contributed by atoms with Crippen LogP contribution in [-0.2, 0) is 4.79 Å². The smallest absolute Gasteiger partial charge is 0.290 e. The number of hydrogen-bond donors (Lipinski definition) is 3. The molecular weight excluding hydrogens is 362 g/mol. The van der Waals surface area contributed by atoms with Gasteiger partial charge in [-0.3, -0.25) is 20.0 Å². The van der Waals surface area contributed by atoms with Crippen LogP contribution in [0.4, 0.5) is 5.95 Å². The molecule has 0 saturated carbocycles. The van der Waals surface area contributed by atoms with E-state index in [4.69, 9.17) is 26.0 Å². The van der Waals surface area contributed by atoms with Crippen molar-refractivity contribution in [1.29, 1.82) is 0 Å². The van der Waals surface area contributed by atoms with Crippen LogP contribution in [0.15, 0.2) is 34.9 Å². The number of anilines is 1. The molecule has 3 N–H and O–H groups in total. The van der Waals surface area contributed by atoms with Crippen molar-refractivity contribution in [3.8, 4) is 11.4 Å². The third kappa shape index (κ3) is 4.67. The summed E-state index contributed by atoms with van der Waals surface area (Å²) in [5.74, 6) is 0.958. The summed E-state index contributed by atoms with van der Waals surface area (Å²) in [6.07, 6.45) is 0. The van der Waals surface area contributed by atoms with E-state index in [2.05, 4.69) is 25.7 Å². The number of H-pyrrole nitrogens is 1. The first-order valence-electron chi connectivity index (χ1n) is 7.49. The molecule has 136 valence electrons. The summed E-state index contributed by atoms with van der Waals surface area (Å²) >= 11 is 6.10. The highest BCUT2D eigenvalue weighted by Gasteiger charge is 2.17. The van der Waals surface area contributed by atoms with Crippen LogP contribution in [0.1, 0.15) is 36.0 Å². The van der Waals surface area contributed by atoms with E-state index in [0.29, 0.717) is 22.2 Å². The van der Waals surface area contributed by atoms with Crippen LogP contribution in [0.2, 0.25) is 5.02 Å². The van der Waals surface area contributed by atoms with Gasteiger partial charge in [0.25, 0.3) is 12.4 Å². The summed E-state index contributed by atoms with van der Waals surface area (Å²) < 4.78 is 5.10. The average Bonchev–Trinajstić information content (AvgIpc) is 3.25. The highest BCUT2D eigenvalue weighted by molar-refractivity contribution is 6.33. The van der Waals surface area contributed by atoms with Crippen LogP contribution in [0.3, 0.4) is 0 Å². The number of carbonyl (C=O) groups excluding carboxylic acids is 1. The van der Waals surface area contributed by atoms with Crippen molar-refractivity contribution in [1.82, 2.24) is 20.3 Å². The van der Waals surface area contributed by atoms with E-state index in [-0.39, 0.29) is 24.0 Å². The molecule has 3 aromatic rings. The molecule has 1 aromatic carbocycles. The number of hydrogen-bond acceptors (Lipinski definition) is 6. The van der Waals surface area contributed by atoms with E-state index in [1.807, 2.05) is 26.0 Å². The maximum Gasteiger partial charge on any atom is 0.290 e. The van der Waals surface area contributed by atoms with Crippen molar-refractivity contribution in [3.63, 3.8) is 0 Å². The number of halogens is 1. The number of aromatic nitrogens is 4. The fraction of sp³-hybridized carbons (Fsp3) is 0.188. The van der Waals surface area contributed by atoms with Gasteiger partial charge in [0.05, 0.1) is 5.02 Å². The lowest BCUT2D eigenvalue weighted by Gasteiger charge is -1.98. The second kappa shape index (κ2) is 8.77. The molecule has 0 aliphatic rings. The quantitative estimate of drug-likeness (QED) is 0.594. The molecule has 9 nitrogen and oxygen atoms in total. The topological polar surface area (TPSA) is 134 Å². The lowest BCUT2D eigenvalue weighted by molar-refractivity contribution is -0.122. The van der Waals surface area contributed by atoms with Crippen molar-refractivity contribution in [2.75, 3.05) is 5.32 Å². The molecule has 1 amide bonds. The number of carbonyl (C=O) groups is 2. The summed E-state index contributed by atoms with van der Waals surface area (Å²) in [5.41, 5.74) is 0.878. The van der Waals surface area contributed by atoms with Crippen molar-refractivity contribution < 1.29 is 19.2 Å². The van der Waals surface area contributed by atoms with E-state index >= 15 is 0 Å². The number of rotatable bonds is 4. The number of aromatic amines is 1. The van der Waals surface area contributed by atoms with E-state index in [0.717, 1.165) is 0 Å². The van der Waals surface area contributed by atoms with Gasteiger partial charge in [-0.25, -0.2) is 0 Å². The van der Waals surface area contributed by atoms with Crippen LogP contribution in [-0.4, -0.2) is 37.8 Å². The number of nitrogens with one attached hydrogen (secondary N) is 2. The Morgan fingerprint density at radius 2 is 2.08 bits per heavy atom. The Labute approximate surface area is 153 Å². The van der Waals surface area contributed by atoms with E-state index in [1.165, 1.54) is 0 Å². The van der Waals surface area contributed by atoms with Gasteiger partial charge in [0.15, 0.2) is 11.5 Å². The van der Waals surface area contributed by atoms with Crippen LogP contribution < -0.4 is 5.32 Å². The van der Waals surface area contributed by atoms with Gasteiger partial charge < -0.3 is 9.63 Å². The molecule has 0 atom stereocenters. The predicted octanol–water partition coefficient (Wildman–Crippen LogP) is 3.19. The van der Waals surface area contributed by atoms with Crippen LogP contribution in [0.25, 0.3) is 11.4 Å². The molecule has 0 unspecified atom stereocenters. The van der Waals surface area contributed by atoms with Crippen molar-refractivity contribution in [3.05, 3.63) is 46.8 Å². The fourth-order valence-electron chi connectivity index (χ4n) is 1.93. The van der Waals surface area contributed by atoms with Crippen molar-refractivity contribution >= 4 is 29.9 Å². The molecule has 0 aliphatic heterocycles. The van der Waals surface area contributed by atoms with Gasteiger partial charge in [-0.15, -0.1) is 5.10 Å². The Kier molecular flexibility index (Phi) is 6.45. The Balaban J connectivity index is 0.000000758. The maximum atomic E-state index is 12.1. The first-order valence-corrected chi connectivity index (χ1v) is 7.87. The molecule has 0 bridgehead atoms. The minimum Gasteiger partial charge on any atom is -0.483 e. The monoisotopic (exact) mass is 377 g/mol. The molecule has 0 spiro atoms. The molecule has 26 heavy (non-hydrogen) atoms.